The van der Waals surface area contributed by atoms with E-state index >= 15 is 0 Å². The Morgan fingerprint density at radius 1 is 0.533 bits per heavy atom. The van der Waals surface area contributed by atoms with Gasteiger partial charge >= 0.3 is 0 Å². The minimum absolute atomic E-state index is 0.126. The molecule has 0 aromatic rings. The lowest BCUT2D eigenvalue weighted by Gasteiger charge is -2.38. The lowest BCUT2D eigenvalue weighted by atomic mass is 10.3. The maximum Gasteiger partial charge on any atom is 0.0887 e. The van der Waals surface area contributed by atoms with Crippen LogP contribution in [0.3, 0.4) is 0 Å². The van der Waals surface area contributed by atoms with Crippen molar-refractivity contribution in [3.63, 3.8) is 0 Å². The summed E-state index contributed by atoms with van der Waals surface area (Å²) in [5.74, 6) is 1.44. The first-order valence-electron chi connectivity index (χ1n) is 11.3. The third-order valence-electron chi connectivity index (χ3n) is 3.94. The summed E-state index contributed by atoms with van der Waals surface area (Å²) >= 11 is 0. The molecule has 10 heteroatoms. The number of hydrogen-bond acceptors (Lipinski definition) is 8. The molecule has 0 spiro atoms. The van der Waals surface area contributed by atoms with E-state index in [4.69, 9.17) is 25.1 Å². The molecule has 0 atom stereocenters. The van der Waals surface area contributed by atoms with Gasteiger partial charge in [-0.1, -0.05) is 0 Å². The van der Waals surface area contributed by atoms with E-state index in [9.17, 15) is 5.11 Å². The second kappa shape index (κ2) is 18.9. The molecule has 0 saturated heterocycles. The van der Waals surface area contributed by atoms with Crippen LogP contribution in [0.15, 0.2) is 0 Å². The first-order valence-corrected chi connectivity index (χ1v) is 14.5. The smallest absolute Gasteiger partial charge is 0.0887 e. The topological polar surface area (TPSA) is 78.9 Å². The Morgan fingerprint density at radius 3 is 1.07 bits per heavy atom. The van der Waals surface area contributed by atoms with Gasteiger partial charge in [-0.05, 0) is 67.5 Å². The summed E-state index contributed by atoms with van der Waals surface area (Å²) in [4.78, 5) is 2.25. The van der Waals surface area contributed by atoms with E-state index in [0.717, 1.165) is 37.4 Å². The number of hydrogen-bond donors (Lipinski definition) is 1. The first-order chi connectivity index (χ1) is 14.5. The number of aliphatic hydroxyl groups is 1. The molecule has 0 saturated carbocycles. The van der Waals surface area contributed by atoms with Crippen LogP contribution >= 0.6 is 21.7 Å². The van der Waals surface area contributed by atoms with Gasteiger partial charge in [0.1, 0.15) is 0 Å². The lowest BCUT2D eigenvalue weighted by molar-refractivity contribution is 0.175. The van der Waals surface area contributed by atoms with Crippen molar-refractivity contribution in [3.8, 4) is 0 Å². The van der Waals surface area contributed by atoms with E-state index in [-0.39, 0.29) is 6.61 Å². The second-order valence-corrected chi connectivity index (χ2v) is 10.7. The summed E-state index contributed by atoms with van der Waals surface area (Å²) in [6.45, 7) is 17.6. The summed E-state index contributed by atoms with van der Waals surface area (Å²) < 4.78 is 35.3. The average Bonchev–Trinajstić information content (AvgIpc) is 2.69. The Bertz CT molecular complexity index is 328. The normalized spacial score (nSPS) is 13.9. The van der Waals surface area contributed by atoms with Crippen LogP contribution in [0.2, 0.25) is 0 Å². The van der Waals surface area contributed by atoms with Crippen molar-refractivity contribution in [2.75, 3.05) is 77.4 Å². The fraction of sp³-hybridized carbons (Fsp3) is 1.00. The zero-order chi connectivity index (χ0) is 22.7. The van der Waals surface area contributed by atoms with Gasteiger partial charge in [0, 0.05) is 18.1 Å². The van der Waals surface area contributed by atoms with Crippen LogP contribution in [0.4, 0.5) is 0 Å². The molecule has 0 heterocycles. The quantitative estimate of drug-likeness (QED) is 0.246. The van der Waals surface area contributed by atoms with Crippen molar-refractivity contribution in [1.82, 2.24) is 4.90 Å². The molecule has 0 amide bonds. The molecule has 186 valence electrons. The van der Waals surface area contributed by atoms with Crippen LogP contribution in [0, 0.1) is 0 Å². The summed E-state index contributed by atoms with van der Waals surface area (Å²) in [5.41, 5.74) is 0. The minimum Gasteiger partial charge on any atom is -0.395 e. The number of aliphatic hydroxyl groups excluding tert-OH is 1. The van der Waals surface area contributed by atoms with E-state index in [1.165, 1.54) is 0 Å². The molecule has 0 aliphatic carbocycles. The van der Waals surface area contributed by atoms with Crippen LogP contribution < -0.4 is 0 Å². The van der Waals surface area contributed by atoms with Gasteiger partial charge in [0.05, 0.1) is 68.0 Å². The molecule has 0 rings (SSSR count). The molecule has 0 aliphatic heterocycles. The van der Waals surface area contributed by atoms with Gasteiger partial charge in [0.15, 0.2) is 0 Å². The van der Waals surface area contributed by atoms with Crippen LogP contribution in [0.25, 0.3) is 0 Å². The minimum atomic E-state index is -1.97. The molecule has 0 radical (unpaired) electrons. The van der Waals surface area contributed by atoms with Crippen LogP contribution in [-0.2, 0) is 25.1 Å². The number of rotatable bonds is 22. The maximum absolute atomic E-state index is 9.48. The molecule has 1 N–H and O–H groups in total. The molecule has 0 fully saturated rings. The van der Waals surface area contributed by atoms with Gasteiger partial charge in [-0.3, -0.25) is 25.1 Å². The monoisotopic (exact) mass is 477 g/mol. The highest BCUT2D eigenvalue weighted by Gasteiger charge is 2.27. The van der Waals surface area contributed by atoms with Gasteiger partial charge in [-0.2, -0.15) is 0 Å². The summed E-state index contributed by atoms with van der Waals surface area (Å²) in [6.07, 6.45) is 1.74. The number of nitrogens with zero attached hydrogens (tertiary/aromatic N) is 1. The largest absolute Gasteiger partial charge is 0.395 e. The average molecular weight is 478 g/mol. The Labute approximate surface area is 188 Å². The van der Waals surface area contributed by atoms with Crippen molar-refractivity contribution in [3.05, 3.63) is 0 Å². The van der Waals surface area contributed by atoms with E-state index in [0.29, 0.717) is 46.2 Å². The zero-order valence-corrected chi connectivity index (χ0v) is 21.7. The van der Waals surface area contributed by atoms with Crippen molar-refractivity contribution >= 4 is 21.7 Å². The molecular weight excluding hydrogens is 430 g/mol. The van der Waals surface area contributed by atoms with E-state index in [1.807, 2.05) is 41.5 Å². The molecule has 30 heavy (non-hydrogen) atoms. The van der Waals surface area contributed by atoms with Crippen LogP contribution in [0.5, 0.6) is 0 Å². The SMILES string of the molecule is CCOS(CCCN(CCO)CCCS(OCC)(OCC)OCC)(OCC)OCC. The molecule has 0 bridgehead atoms. The van der Waals surface area contributed by atoms with Crippen LogP contribution in [0.1, 0.15) is 54.4 Å². The molecular formula is C20H47NO7S2. The van der Waals surface area contributed by atoms with Gasteiger partial charge in [0.25, 0.3) is 0 Å². The highest BCUT2D eigenvalue weighted by molar-refractivity contribution is 8.22. The summed E-state index contributed by atoms with van der Waals surface area (Å²) in [5, 5.41) is 9.48. The molecule has 0 aromatic heterocycles. The molecule has 0 unspecified atom stereocenters. The Morgan fingerprint density at radius 2 is 0.833 bits per heavy atom. The standard InChI is InChI=1S/C20H47NO7S2/c1-7-23-29(24-8-2,25-9-3)19-13-15-21(17-18-22)16-14-20-30(26-10-4,27-11-5)28-12-6/h22H,7-20H2,1-6H3. The second-order valence-electron chi connectivity index (χ2n) is 6.24. The Hall–Kier alpha value is 0.380. The third-order valence-corrected chi connectivity index (χ3v) is 9.08. The predicted octanol–water partition coefficient (Wildman–Crippen LogP) is 4.38. The maximum atomic E-state index is 9.48. The molecule has 0 aliphatic rings. The summed E-state index contributed by atoms with van der Waals surface area (Å²) in [6, 6.07) is 0. The van der Waals surface area contributed by atoms with Crippen molar-refractivity contribution in [2.24, 2.45) is 0 Å². The fourth-order valence-corrected chi connectivity index (χ4v) is 7.28. The Kier molecular flexibility index (Phi) is 19.1. The first kappa shape index (κ1) is 30.4. The predicted molar refractivity (Wildman–Crippen MR) is 127 cm³/mol. The van der Waals surface area contributed by atoms with Crippen LogP contribution in [-0.4, -0.2) is 87.4 Å². The van der Waals surface area contributed by atoms with E-state index in [2.05, 4.69) is 4.90 Å². The van der Waals surface area contributed by atoms with Gasteiger partial charge in [-0.15, -0.1) is 0 Å². The van der Waals surface area contributed by atoms with E-state index in [1.54, 1.807) is 0 Å². The van der Waals surface area contributed by atoms with Crippen molar-refractivity contribution < 1.29 is 30.2 Å². The highest BCUT2D eigenvalue weighted by Crippen LogP contribution is 2.52. The zero-order valence-electron chi connectivity index (χ0n) is 20.1. The van der Waals surface area contributed by atoms with Crippen molar-refractivity contribution in [1.29, 1.82) is 0 Å². The van der Waals surface area contributed by atoms with E-state index < -0.39 is 21.7 Å². The fourth-order valence-electron chi connectivity index (χ4n) is 3.04. The Balaban J connectivity index is 4.77. The third kappa shape index (κ3) is 12.4. The van der Waals surface area contributed by atoms with Gasteiger partial charge in [0.2, 0.25) is 0 Å². The summed E-state index contributed by atoms with van der Waals surface area (Å²) in [7, 11) is -3.94. The molecule has 8 nitrogen and oxygen atoms in total. The van der Waals surface area contributed by atoms with Crippen molar-refractivity contribution in [2.45, 2.75) is 54.4 Å². The highest BCUT2D eigenvalue weighted by atomic mass is 32.3. The molecule has 0 aromatic carbocycles. The van der Waals surface area contributed by atoms with Gasteiger partial charge < -0.3 is 10.0 Å². The lowest BCUT2D eigenvalue weighted by Crippen LogP contribution is -2.31. The van der Waals surface area contributed by atoms with Gasteiger partial charge in [-0.25, -0.2) is 0 Å².